The minimum Gasteiger partial charge on any atom is -0.448 e. The average molecular weight is 301 g/mol. The second-order valence-corrected chi connectivity index (χ2v) is 5.51. The number of hydrogen-bond acceptors (Lipinski definition) is 5. The maximum Gasteiger partial charge on any atom is 0.357 e. The molecule has 6 nitrogen and oxygen atoms in total. The van der Waals surface area contributed by atoms with Gasteiger partial charge < -0.3 is 10.1 Å². The molecule has 1 aromatic heterocycles. The van der Waals surface area contributed by atoms with Crippen molar-refractivity contribution in [2.45, 2.75) is 50.7 Å². The SMILES string of the molecule is C[C@H](OC(=O)c1ccccn1)C(=O)NC1(C#N)CCCCC1. The van der Waals surface area contributed by atoms with Crippen molar-refractivity contribution in [1.82, 2.24) is 10.3 Å². The van der Waals surface area contributed by atoms with E-state index in [0.717, 1.165) is 19.3 Å². The Morgan fingerprint density at radius 3 is 2.68 bits per heavy atom. The largest absolute Gasteiger partial charge is 0.448 e. The molecule has 0 aromatic carbocycles. The summed E-state index contributed by atoms with van der Waals surface area (Å²) in [5.74, 6) is -1.11. The first-order chi connectivity index (χ1) is 10.6. The Balaban J connectivity index is 1.94. The van der Waals surface area contributed by atoms with Crippen molar-refractivity contribution in [3.63, 3.8) is 0 Å². The van der Waals surface area contributed by atoms with E-state index in [9.17, 15) is 14.9 Å². The van der Waals surface area contributed by atoms with Crippen LogP contribution in [0.2, 0.25) is 0 Å². The molecule has 1 aliphatic carbocycles. The van der Waals surface area contributed by atoms with Gasteiger partial charge in [-0.1, -0.05) is 25.3 Å². The maximum atomic E-state index is 12.2. The fourth-order valence-electron chi connectivity index (χ4n) is 2.52. The molecule has 0 bridgehead atoms. The fraction of sp³-hybridized carbons (Fsp3) is 0.500. The minimum atomic E-state index is -0.971. The highest BCUT2D eigenvalue weighted by atomic mass is 16.5. The molecule has 1 heterocycles. The molecule has 1 saturated carbocycles. The third kappa shape index (κ3) is 3.82. The number of ether oxygens (including phenoxy) is 1. The second-order valence-electron chi connectivity index (χ2n) is 5.51. The number of carbonyl (C=O) groups excluding carboxylic acids is 2. The lowest BCUT2D eigenvalue weighted by Crippen LogP contribution is -2.52. The van der Waals surface area contributed by atoms with E-state index in [2.05, 4.69) is 16.4 Å². The summed E-state index contributed by atoms with van der Waals surface area (Å²) in [6.07, 6.45) is 4.68. The molecule has 6 heteroatoms. The summed E-state index contributed by atoms with van der Waals surface area (Å²) in [6, 6.07) is 7.08. The van der Waals surface area contributed by atoms with Crippen LogP contribution in [0.15, 0.2) is 24.4 Å². The van der Waals surface area contributed by atoms with Crippen molar-refractivity contribution in [3.8, 4) is 6.07 Å². The molecule has 22 heavy (non-hydrogen) atoms. The number of pyridine rings is 1. The van der Waals surface area contributed by atoms with Crippen LogP contribution in [0.25, 0.3) is 0 Å². The number of aromatic nitrogens is 1. The molecule has 0 spiro atoms. The van der Waals surface area contributed by atoms with Crippen LogP contribution in [-0.2, 0) is 9.53 Å². The lowest BCUT2D eigenvalue weighted by Gasteiger charge is -2.32. The van der Waals surface area contributed by atoms with Crippen LogP contribution in [0.3, 0.4) is 0 Å². The summed E-state index contributed by atoms with van der Waals surface area (Å²) in [7, 11) is 0. The molecule has 0 radical (unpaired) electrons. The molecule has 116 valence electrons. The highest BCUT2D eigenvalue weighted by Gasteiger charge is 2.35. The molecule has 1 aromatic rings. The number of esters is 1. The van der Waals surface area contributed by atoms with Crippen molar-refractivity contribution in [2.24, 2.45) is 0 Å². The topological polar surface area (TPSA) is 92.1 Å². The lowest BCUT2D eigenvalue weighted by molar-refractivity contribution is -0.130. The van der Waals surface area contributed by atoms with Gasteiger partial charge in [0, 0.05) is 6.20 Å². The number of nitriles is 1. The van der Waals surface area contributed by atoms with Gasteiger partial charge in [-0.2, -0.15) is 5.26 Å². The van der Waals surface area contributed by atoms with E-state index < -0.39 is 23.5 Å². The third-order valence-corrected chi connectivity index (χ3v) is 3.81. The Morgan fingerprint density at radius 1 is 1.36 bits per heavy atom. The van der Waals surface area contributed by atoms with E-state index in [1.807, 2.05) is 0 Å². The quantitative estimate of drug-likeness (QED) is 0.858. The van der Waals surface area contributed by atoms with Crippen LogP contribution in [0.4, 0.5) is 0 Å². The van der Waals surface area contributed by atoms with Gasteiger partial charge in [0.2, 0.25) is 0 Å². The average Bonchev–Trinajstić information content (AvgIpc) is 2.56. The van der Waals surface area contributed by atoms with Crippen molar-refractivity contribution in [2.75, 3.05) is 0 Å². The fourth-order valence-corrected chi connectivity index (χ4v) is 2.52. The number of nitrogens with zero attached hydrogens (tertiary/aromatic N) is 2. The number of nitrogens with one attached hydrogen (secondary N) is 1. The van der Waals surface area contributed by atoms with E-state index in [1.54, 1.807) is 12.1 Å². The molecule has 1 N–H and O–H groups in total. The van der Waals surface area contributed by atoms with E-state index >= 15 is 0 Å². The highest BCUT2D eigenvalue weighted by molar-refractivity contribution is 5.90. The van der Waals surface area contributed by atoms with Crippen molar-refractivity contribution < 1.29 is 14.3 Å². The summed E-state index contributed by atoms with van der Waals surface area (Å²) in [5.41, 5.74) is -0.684. The molecule has 1 aliphatic rings. The predicted molar refractivity (Wildman–Crippen MR) is 78.7 cm³/mol. The Hall–Kier alpha value is -2.42. The van der Waals surface area contributed by atoms with Gasteiger partial charge >= 0.3 is 5.97 Å². The molecule has 0 saturated heterocycles. The maximum absolute atomic E-state index is 12.2. The Kier molecular flexibility index (Phi) is 5.10. The van der Waals surface area contributed by atoms with Gasteiger partial charge in [-0.05, 0) is 31.9 Å². The van der Waals surface area contributed by atoms with Crippen LogP contribution < -0.4 is 5.32 Å². The van der Waals surface area contributed by atoms with Crippen LogP contribution in [-0.4, -0.2) is 28.5 Å². The molecular weight excluding hydrogens is 282 g/mol. The Bertz CT molecular complexity index is 574. The molecule has 0 unspecified atom stereocenters. The second kappa shape index (κ2) is 7.03. The van der Waals surface area contributed by atoms with Crippen LogP contribution in [0, 0.1) is 11.3 Å². The molecule has 1 fully saturated rings. The summed E-state index contributed by atoms with van der Waals surface area (Å²) in [5, 5.41) is 12.1. The van der Waals surface area contributed by atoms with Crippen molar-refractivity contribution in [3.05, 3.63) is 30.1 Å². The van der Waals surface area contributed by atoms with Crippen molar-refractivity contribution in [1.29, 1.82) is 5.26 Å². The number of carbonyl (C=O) groups is 2. The standard InChI is InChI=1S/C16H19N3O3/c1-12(22-15(21)13-7-3-6-10-18-13)14(20)19-16(11-17)8-4-2-5-9-16/h3,6-7,10,12H,2,4-5,8-9H2,1H3,(H,19,20)/t12-/m0/s1. The third-order valence-electron chi connectivity index (χ3n) is 3.81. The summed E-state index contributed by atoms with van der Waals surface area (Å²) in [6.45, 7) is 1.49. The van der Waals surface area contributed by atoms with Gasteiger partial charge in [-0.25, -0.2) is 9.78 Å². The van der Waals surface area contributed by atoms with Crippen molar-refractivity contribution >= 4 is 11.9 Å². The summed E-state index contributed by atoms with van der Waals surface area (Å²) >= 11 is 0. The summed E-state index contributed by atoms with van der Waals surface area (Å²) in [4.78, 5) is 27.9. The van der Waals surface area contributed by atoms with Gasteiger partial charge in [-0.3, -0.25) is 4.79 Å². The van der Waals surface area contributed by atoms with E-state index in [-0.39, 0.29) is 5.69 Å². The van der Waals surface area contributed by atoms with E-state index in [4.69, 9.17) is 4.74 Å². The predicted octanol–water partition coefficient (Wildman–Crippen LogP) is 1.97. The zero-order valence-electron chi connectivity index (χ0n) is 12.5. The highest BCUT2D eigenvalue weighted by Crippen LogP contribution is 2.27. The first kappa shape index (κ1) is 16.0. The molecule has 0 aliphatic heterocycles. The Morgan fingerprint density at radius 2 is 2.09 bits per heavy atom. The van der Waals surface area contributed by atoms with Gasteiger partial charge in [0.1, 0.15) is 11.2 Å². The van der Waals surface area contributed by atoms with Crippen LogP contribution >= 0.6 is 0 Å². The van der Waals surface area contributed by atoms with Gasteiger partial charge in [-0.15, -0.1) is 0 Å². The number of amides is 1. The van der Waals surface area contributed by atoms with Gasteiger partial charge in [0.15, 0.2) is 6.10 Å². The van der Waals surface area contributed by atoms with Gasteiger partial charge in [0.05, 0.1) is 6.07 Å². The minimum absolute atomic E-state index is 0.148. The first-order valence-corrected chi connectivity index (χ1v) is 7.42. The lowest BCUT2D eigenvalue weighted by atomic mass is 9.83. The van der Waals surface area contributed by atoms with Gasteiger partial charge in [0.25, 0.3) is 5.91 Å². The van der Waals surface area contributed by atoms with E-state index in [1.165, 1.54) is 19.2 Å². The monoisotopic (exact) mass is 301 g/mol. The molecule has 2 rings (SSSR count). The number of hydrogen-bond donors (Lipinski definition) is 1. The summed E-state index contributed by atoms with van der Waals surface area (Å²) < 4.78 is 5.11. The van der Waals surface area contributed by atoms with E-state index in [0.29, 0.717) is 12.8 Å². The van der Waals surface area contributed by atoms with Crippen LogP contribution in [0.1, 0.15) is 49.5 Å². The zero-order valence-corrected chi connectivity index (χ0v) is 12.5. The normalized spacial score (nSPS) is 17.8. The zero-order chi connectivity index (χ0) is 16.0. The Labute approximate surface area is 129 Å². The molecular formula is C16H19N3O3. The first-order valence-electron chi connectivity index (χ1n) is 7.42. The molecule has 1 atom stereocenters. The number of rotatable bonds is 4. The smallest absolute Gasteiger partial charge is 0.357 e. The molecule has 1 amide bonds. The van der Waals surface area contributed by atoms with Crippen LogP contribution in [0.5, 0.6) is 0 Å².